The Labute approximate surface area is 122 Å². The quantitative estimate of drug-likeness (QED) is 0.362. The van der Waals surface area contributed by atoms with Crippen LogP contribution in [0, 0.1) is 10.1 Å². The van der Waals surface area contributed by atoms with Crippen LogP contribution in [0.4, 0.5) is 11.4 Å². The molecule has 118 valence electrons. The van der Waals surface area contributed by atoms with Gasteiger partial charge < -0.3 is 10.2 Å². The number of anilines is 1. The second kappa shape index (κ2) is 7.31. The van der Waals surface area contributed by atoms with E-state index in [0.717, 1.165) is 12.1 Å². The number of sulfonamides is 1. The first-order chi connectivity index (χ1) is 9.81. The molecule has 0 radical (unpaired) electrons. The molecule has 21 heavy (non-hydrogen) atoms. The summed E-state index contributed by atoms with van der Waals surface area (Å²) < 4.78 is 31.7. The Balaban J connectivity index is 3.10. The number of nitro benzene ring substituents is 1. The highest BCUT2D eigenvalue weighted by Gasteiger charge is 2.27. The minimum Gasteiger partial charge on any atom is -0.385 e. The SMILES string of the molecule is COCCC(C)NS(=O)(=O)c1ccc(NN)cc1[N+](=O)[O-]. The number of nitro groups is 1. The van der Waals surface area contributed by atoms with Gasteiger partial charge in [0, 0.05) is 25.8 Å². The number of ether oxygens (including phenoxy) is 1. The van der Waals surface area contributed by atoms with Crippen molar-refractivity contribution < 1.29 is 18.1 Å². The van der Waals surface area contributed by atoms with Gasteiger partial charge in [0.15, 0.2) is 4.90 Å². The van der Waals surface area contributed by atoms with Crippen molar-refractivity contribution in [3.8, 4) is 0 Å². The van der Waals surface area contributed by atoms with E-state index in [2.05, 4.69) is 10.1 Å². The zero-order valence-corrected chi connectivity index (χ0v) is 12.5. The first-order valence-corrected chi connectivity index (χ1v) is 7.56. The topological polar surface area (TPSA) is 137 Å². The van der Waals surface area contributed by atoms with Crippen LogP contribution in [0.3, 0.4) is 0 Å². The summed E-state index contributed by atoms with van der Waals surface area (Å²) >= 11 is 0. The number of rotatable bonds is 8. The molecule has 0 spiro atoms. The lowest BCUT2D eigenvalue weighted by atomic mass is 10.3. The Morgan fingerprint density at radius 1 is 1.48 bits per heavy atom. The van der Waals surface area contributed by atoms with E-state index in [1.807, 2.05) is 0 Å². The summed E-state index contributed by atoms with van der Waals surface area (Å²) in [5.74, 6) is 5.16. The number of hydrogen-bond donors (Lipinski definition) is 3. The predicted octanol–water partition coefficient (Wildman–Crippen LogP) is 0.584. The number of benzene rings is 1. The summed E-state index contributed by atoms with van der Waals surface area (Å²) in [6, 6.07) is 3.14. The van der Waals surface area contributed by atoms with Crippen molar-refractivity contribution in [2.75, 3.05) is 19.1 Å². The van der Waals surface area contributed by atoms with E-state index in [0.29, 0.717) is 13.0 Å². The highest BCUT2D eigenvalue weighted by Crippen LogP contribution is 2.27. The molecule has 0 aliphatic carbocycles. The summed E-state index contributed by atoms with van der Waals surface area (Å²) in [5.41, 5.74) is 1.93. The maximum atomic E-state index is 12.2. The van der Waals surface area contributed by atoms with Gasteiger partial charge in [-0.2, -0.15) is 0 Å². The number of nitrogens with one attached hydrogen (secondary N) is 2. The third-order valence-corrected chi connectivity index (χ3v) is 4.36. The second-order valence-corrected chi connectivity index (χ2v) is 6.07. The van der Waals surface area contributed by atoms with Gasteiger partial charge in [0.2, 0.25) is 10.0 Å². The molecule has 0 heterocycles. The van der Waals surface area contributed by atoms with E-state index in [4.69, 9.17) is 10.6 Å². The average molecular weight is 318 g/mol. The van der Waals surface area contributed by atoms with Gasteiger partial charge in [-0.3, -0.25) is 16.0 Å². The fourth-order valence-electron chi connectivity index (χ4n) is 1.66. The van der Waals surface area contributed by atoms with E-state index < -0.39 is 31.6 Å². The number of nitrogen functional groups attached to an aromatic ring is 1. The molecular formula is C11H18N4O5S. The van der Waals surface area contributed by atoms with E-state index >= 15 is 0 Å². The molecule has 0 aromatic heterocycles. The molecule has 1 aromatic carbocycles. The summed E-state index contributed by atoms with van der Waals surface area (Å²) in [6.45, 7) is 2.03. The summed E-state index contributed by atoms with van der Waals surface area (Å²) in [4.78, 5) is 9.84. The fraction of sp³-hybridized carbons (Fsp3) is 0.455. The smallest absolute Gasteiger partial charge is 0.291 e. The summed E-state index contributed by atoms with van der Waals surface area (Å²) in [6.07, 6.45) is 0.450. The van der Waals surface area contributed by atoms with Crippen LogP contribution in [-0.2, 0) is 14.8 Å². The van der Waals surface area contributed by atoms with Crippen LogP contribution in [-0.4, -0.2) is 33.1 Å². The highest BCUT2D eigenvalue weighted by atomic mass is 32.2. The normalized spacial score (nSPS) is 12.9. The molecule has 0 aliphatic heterocycles. The van der Waals surface area contributed by atoms with Crippen molar-refractivity contribution >= 4 is 21.4 Å². The van der Waals surface area contributed by atoms with Gasteiger partial charge in [-0.05, 0) is 25.5 Å². The molecule has 0 aliphatic rings. The number of methoxy groups -OCH3 is 1. The van der Waals surface area contributed by atoms with Crippen molar-refractivity contribution in [2.24, 2.45) is 5.84 Å². The second-order valence-electron chi connectivity index (χ2n) is 4.39. The third-order valence-electron chi connectivity index (χ3n) is 2.72. The van der Waals surface area contributed by atoms with Crippen molar-refractivity contribution in [3.05, 3.63) is 28.3 Å². The Kier molecular flexibility index (Phi) is 6.03. The van der Waals surface area contributed by atoms with Crippen molar-refractivity contribution in [1.82, 2.24) is 4.72 Å². The minimum absolute atomic E-state index is 0.244. The Morgan fingerprint density at radius 2 is 2.14 bits per heavy atom. The number of nitrogens with zero attached hydrogens (tertiary/aromatic N) is 1. The molecule has 1 rings (SSSR count). The first-order valence-electron chi connectivity index (χ1n) is 6.08. The van der Waals surface area contributed by atoms with Crippen molar-refractivity contribution in [1.29, 1.82) is 0 Å². The summed E-state index contributed by atoms with van der Waals surface area (Å²) in [5, 5.41) is 11.0. The molecule has 0 saturated heterocycles. The van der Waals surface area contributed by atoms with Crippen LogP contribution in [0.1, 0.15) is 13.3 Å². The lowest BCUT2D eigenvalue weighted by Crippen LogP contribution is -2.33. The van der Waals surface area contributed by atoms with Gasteiger partial charge in [0.1, 0.15) is 0 Å². The van der Waals surface area contributed by atoms with Crippen LogP contribution in [0.15, 0.2) is 23.1 Å². The molecule has 0 bridgehead atoms. The Bertz CT molecular complexity index is 605. The molecule has 1 atom stereocenters. The van der Waals surface area contributed by atoms with E-state index in [1.165, 1.54) is 13.2 Å². The largest absolute Gasteiger partial charge is 0.385 e. The Hall–Kier alpha value is -1.75. The molecule has 0 amide bonds. The van der Waals surface area contributed by atoms with E-state index in [1.54, 1.807) is 6.92 Å². The number of nitrogens with two attached hydrogens (primary N) is 1. The molecule has 4 N–H and O–H groups in total. The van der Waals surface area contributed by atoms with Gasteiger partial charge in [0.05, 0.1) is 10.6 Å². The fourth-order valence-corrected chi connectivity index (χ4v) is 3.09. The molecule has 10 heteroatoms. The molecular weight excluding hydrogens is 300 g/mol. The first kappa shape index (κ1) is 17.3. The van der Waals surface area contributed by atoms with Crippen molar-refractivity contribution in [3.63, 3.8) is 0 Å². The van der Waals surface area contributed by atoms with E-state index in [9.17, 15) is 18.5 Å². The molecule has 9 nitrogen and oxygen atoms in total. The van der Waals surface area contributed by atoms with Gasteiger partial charge in [-0.1, -0.05) is 0 Å². The maximum Gasteiger partial charge on any atom is 0.291 e. The number of hydrogen-bond acceptors (Lipinski definition) is 7. The number of hydrazine groups is 1. The standard InChI is InChI=1S/C11H18N4O5S/c1-8(5-6-20-2)14-21(18,19)11-4-3-9(13-12)7-10(11)15(16)17/h3-4,7-8,13-14H,5-6,12H2,1-2H3. The van der Waals surface area contributed by atoms with Crippen LogP contribution in [0.2, 0.25) is 0 Å². The molecule has 0 saturated carbocycles. The van der Waals surface area contributed by atoms with Gasteiger partial charge in [-0.25, -0.2) is 13.1 Å². The van der Waals surface area contributed by atoms with Gasteiger partial charge in [-0.15, -0.1) is 0 Å². The minimum atomic E-state index is -4.01. The van der Waals surface area contributed by atoms with Crippen molar-refractivity contribution in [2.45, 2.75) is 24.3 Å². The van der Waals surface area contributed by atoms with Crippen LogP contribution < -0.4 is 16.0 Å². The van der Waals surface area contributed by atoms with Crippen LogP contribution >= 0.6 is 0 Å². The lowest BCUT2D eigenvalue weighted by molar-refractivity contribution is -0.387. The van der Waals surface area contributed by atoms with Gasteiger partial charge >= 0.3 is 0 Å². The van der Waals surface area contributed by atoms with E-state index in [-0.39, 0.29) is 5.69 Å². The highest BCUT2D eigenvalue weighted by molar-refractivity contribution is 7.89. The van der Waals surface area contributed by atoms with Crippen LogP contribution in [0.5, 0.6) is 0 Å². The van der Waals surface area contributed by atoms with Crippen LogP contribution in [0.25, 0.3) is 0 Å². The molecule has 0 fully saturated rings. The predicted molar refractivity (Wildman–Crippen MR) is 77.2 cm³/mol. The zero-order chi connectivity index (χ0) is 16.0. The van der Waals surface area contributed by atoms with Gasteiger partial charge in [0.25, 0.3) is 5.69 Å². The average Bonchev–Trinajstić information content (AvgIpc) is 2.43. The molecule has 1 aromatic rings. The molecule has 1 unspecified atom stereocenters. The lowest BCUT2D eigenvalue weighted by Gasteiger charge is -2.14. The maximum absolute atomic E-state index is 12.2. The zero-order valence-electron chi connectivity index (χ0n) is 11.7. The third kappa shape index (κ3) is 4.63. The Morgan fingerprint density at radius 3 is 2.67 bits per heavy atom. The summed E-state index contributed by atoms with van der Waals surface area (Å²) in [7, 11) is -2.50. The monoisotopic (exact) mass is 318 g/mol.